The van der Waals surface area contributed by atoms with Crippen LogP contribution in [0.1, 0.15) is 11.1 Å². The number of H-pyrrole nitrogens is 1. The SMILES string of the molecule is Cc1cc2c(N3CCN(C)c4cc(-c5cnn(C)c5)c(C#N)cc43)cccc2[nH]c1=O. The van der Waals surface area contributed by atoms with Crippen LogP contribution in [-0.2, 0) is 7.05 Å². The third kappa shape index (κ3) is 3.04. The molecule has 0 aliphatic carbocycles. The fourth-order valence-electron chi connectivity index (χ4n) is 4.28. The molecule has 31 heavy (non-hydrogen) atoms. The number of aromatic nitrogens is 3. The summed E-state index contributed by atoms with van der Waals surface area (Å²) in [6, 6.07) is 14.3. The van der Waals surface area contributed by atoms with Gasteiger partial charge in [-0.2, -0.15) is 10.4 Å². The Morgan fingerprint density at radius 1 is 1.10 bits per heavy atom. The number of aromatic amines is 1. The zero-order valence-corrected chi connectivity index (χ0v) is 17.7. The standard InChI is InChI=1S/C24H22N6O/c1-15-9-19-20(27-24(15)31)5-4-6-21(19)30-8-7-28(2)22-11-18(16(12-25)10-23(22)30)17-13-26-29(3)14-17/h4-6,9-11,13-14H,7-8H2,1-3H3,(H,27,31). The van der Waals surface area contributed by atoms with Crippen LogP contribution in [0.2, 0.25) is 0 Å². The van der Waals surface area contributed by atoms with Gasteiger partial charge in [-0.05, 0) is 37.3 Å². The molecule has 0 fully saturated rings. The molecule has 1 aliphatic heterocycles. The number of pyridine rings is 1. The normalized spacial score (nSPS) is 13.4. The van der Waals surface area contributed by atoms with Gasteiger partial charge in [0.05, 0.1) is 40.4 Å². The average molecular weight is 410 g/mol. The molecule has 5 rings (SSSR count). The number of likely N-dealkylation sites (N-methyl/N-ethyl adjacent to an activating group) is 1. The quantitative estimate of drug-likeness (QED) is 0.545. The van der Waals surface area contributed by atoms with Gasteiger partial charge in [-0.15, -0.1) is 0 Å². The molecule has 4 aromatic rings. The van der Waals surface area contributed by atoms with Crippen LogP contribution < -0.4 is 15.4 Å². The Balaban J connectivity index is 1.73. The van der Waals surface area contributed by atoms with E-state index in [1.54, 1.807) is 10.9 Å². The van der Waals surface area contributed by atoms with Crippen LogP contribution in [0.4, 0.5) is 17.1 Å². The second kappa shape index (κ2) is 7.03. The number of hydrogen-bond acceptors (Lipinski definition) is 5. The molecule has 0 unspecified atom stereocenters. The summed E-state index contributed by atoms with van der Waals surface area (Å²) >= 11 is 0. The van der Waals surface area contributed by atoms with Crippen molar-refractivity contribution in [2.75, 3.05) is 29.9 Å². The molecule has 7 heteroatoms. The summed E-state index contributed by atoms with van der Waals surface area (Å²) in [6.07, 6.45) is 3.71. The summed E-state index contributed by atoms with van der Waals surface area (Å²) in [7, 11) is 3.94. The molecule has 7 nitrogen and oxygen atoms in total. The monoisotopic (exact) mass is 410 g/mol. The average Bonchev–Trinajstić information content (AvgIpc) is 3.20. The zero-order chi connectivity index (χ0) is 21.7. The van der Waals surface area contributed by atoms with Crippen molar-refractivity contribution in [3.05, 3.63) is 70.3 Å². The lowest BCUT2D eigenvalue weighted by Crippen LogP contribution is -2.36. The summed E-state index contributed by atoms with van der Waals surface area (Å²) in [5, 5.41) is 15.2. The van der Waals surface area contributed by atoms with Crippen molar-refractivity contribution in [2.24, 2.45) is 7.05 Å². The van der Waals surface area contributed by atoms with E-state index < -0.39 is 0 Å². The van der Waals surface area contributed by atoms with Crippen molar-refractivity contribution in [3.63, 3.8) is 0 Å². The molecule has 0 saturated heterocycles. The molecule has 0 atom stereocenters. The number of rotatable bonds is 2. The molecule has 154 valence electrons. The van der Waals surface area contributed by atoms with Crippen LogP contribution in [0.5, 0.6) is 0 Å². The van der Waals surface area contributed by atoms with E-state index in [0.29, 0.717) is 11.1 Å². The minimum Gasteiger partial charge on any atom is -0.371 e. The third-order valence-corrected chi connectivity index (χ3v) is 5.95. The van der Waals surface area contributed by atoms with E-state index in [1.807, 2.05) is 44.4 Å². The van der Waals surface area contributed by atoms with E-state index in [2.05, 4.69) is 45.1 Å². The predicted octanol–water partition coefficient (Wildman–Crippen LogP) is 3.70. The van der Waals surface area contributed by atoms with Crippen molar-refractivity contribution in [3.8, 4) is 17.2 Å². The molecule has 1 N–H and O–H groups in total. The van der Waals surface area contributed by atoms with Gasteiger partial charge in [0.1, 0.15) is 0 Å². The van der Waals surface area contributed by atoms with Crippen molar-refractivity contribution >= 4 is 28.0 Å². The maximum Gasteiger partial charge on any atom is 0.251 e. The summed E-state index contributed by atoms with van der Waals surface area (Å²) in [4.78, 5) is 19.5. The van der Waals surface area contributed by atoms with Gasteiger partial charge in [-0.25, -0.2) is 0 Å². The number of aryl methyl sites for hydroxylation is 2. The van der Waals surface area contributed by atoms with Crippen molar-refractivity contribution in [1.82, 2.24) is 14.8 Å². The molecule has 0 saturated carbocycles. The van der Waals surface area contributed by atoms with Gasteiger partial charge in [0.25, 0.3) is 5.56 Å². The highest BCUT2D eigenvalue weighted by atomic mass is 16.1. The summed E-state index contributed by atoms with van der Waals surface area (Å²) < 4.78 is 1.74. The van der Waals surface area contributed by atoms with E-state index >= 15 is 0 Å². The van der Waals surface area contributed by atoms with Crippen LogP contribution in [0, 0.1) is 18.3 Å². The van der Waals surface area contributed by atoms with Crippen molar-refractivity contribution in [1.29, 1.82) is 5.26 Å². The number of anilines is 3. The van der Waals surface area contributed by atoms with Gasteiger partial charge in [0.15, 0.2) is 0 Å². The lowest BCUT2D eigenvalue weighted by atomic mass is 9.98. The Morgan fingerprint density at radius 3 is 2.68 bits per heavy atom. The molecule has 0 radical (unpaired) electrons. The second-order valence-corrected chi connectivity index (χ2v) is 7.99. The third-order valence-electron chi connectivity index (χ3n) is 5.95. The van der Waals surface area contributed by atoms with Gasteiger partial charge in [-0.3, -0.25) is 9.48 Å². The van der Waals surface area contributed by atoms with E-state index in [-0.39, 0.29) is 5.56 Å². The Labute approximate surface area is 179 Å². The maximum atomic E-state index is 12.1. The Hall–Kier alpha value is -4.05. The van der Waals surface area contributed by atoms with Crippen LogP contribution >= 0.6 is 0 Å². The van der Waals surface area contributed by atoms with E-state index in [9.17, 15) is 10.1 Å². The Bertz CT molecular complexity index is 1420. The van der Waals surface area contributed by atoms with Gasteiger partial charge in [-0.1, -0.05) is 6.07 Å². The second-order valence-electron chi connectivity index (χ2n) is 7.99. The zero-order valence-electron chi connectivity index (χ0n) is 17.7. The minimum atomic E-state index is -0.0729. The number of nitrogens with one attached hydrogen (secondary N) is 1. The first-order chi connectivity index (χ1) is 15.0. The molecule has 0 spiro atoms. The number of hydrogen-bond donors (Lipinski definition) is 1. The van der Waals surface area contributed by atoms with Gasteiger partial charge in [0, 0.05) is 55.5 Å². The molecular formula is C24H22N6O. The highest BCUT2D eigenvalue weighted by molar-refractivity contribution is 5.97. The lowest BCUT2D eigenvalue weighted by molar-refractivity contribution is 0.768. The van der Waals surface area contributed by atoms with E-state index in [1.165, 1.54) is 0 Å². The number of nitriles is 1. The molecule has 2 aromatic heterocycles. The van der Waals surface area contributed by atoms with Crippen LogP contribution in [-0.4, -0.2) is 34.9 Å². The van der Waals surface area contributed by atoms with Gasteiger partial charge in [0.2, 0.25) is 0 Å². The highest BCUT2D eigenvalue weighted by Gasteiger charge is 2.25. The first-order valence-electron chi connectivity index (χ1n) is 10.1. The molecule has 2 aromatic carbocycles. The highest BCUT2D eigenvalue weighted by Crippen LogP contribution is 2.43. The Kier molecular flexibility index (Phi) is 4.29. The van der Waals surface area contributed by atoms with Crippen molar-refractivity contribution < 1.29 is 0 Å². The molecule has 0 bridgehead atoms. The van der Waals surface area contributed by atoms with E-state index in [0.717, 1.165) is 52.2 Å². The summed E-state index contributed by atoms with van der Waals surface area (Å²) in [5.74, 6) is 0. The van der Waals surface area contributed by atoms with Crippen LogP contribution in [0.25, 0.3) is 22.0 Å². The Morgan fingerprint density at radius 2 is 1.94 bits per heavy atom. The predicted molar refractivity (Wildman–Crippen MR) is 123 cm³/mol. The van der Waals surface area contributed by atoms with Crippen LogP contribution in [0.15, 0.2) is 53.6 Å². The number of nitrogens with zero attached hydrogens (tertiary/aromatic N) is 5. The molecule has 1 aliphatic rings. The molecular weight excluding hydrogens is 388 g/mol. The smallest absolute Gasteiger partial charge is 0.251 e. The van der Waals surface area contributed by atoms with E-state index in [4.69, 9.17) is 0 Å². The van der Waals surface area contributed by atoms with Gasteiger partial charge >= 0.3 is 0 Å². The minimum absolute atomic E-state index is 0.0729. The fourth-order valence-corrected chi connectivity index (χ4v) is 4.28. The fraction of sp³-hybridized carbons (Fsp3) is 0.208. The summed E-state index contributed by atoms with van der Waals surface area (Å²) in [5.41, 5.74) is 6.88. The largest absolute Gasteiger partial charge is 0.371 e. The van der Waals surface area contributed by atoms with Crippen molar-refractivity contribution in [2.45, 2.75) is 6.92 Å². The number of fused-ring (bicyclic) bond motifs is 2. The first kappa shape index (κ1) is 18.9. The topological polar surface area (TPSA) is 81.0 Å². The molecule has 3 heterocycles. The lowest BCUT2D eigenvalue weighted by Gasteiger charge is -2.38. The first-order valence-corrected chi connectivity index (χ1v) is 10.1. The maximum absolute atomic E-state index is 12.1. The van der Waals surface area contributed by atoms with Gasteiger partial charge < -0.3 is 14.8 Å². The van der Waals surface area contributed by atoms with Crippen LogP contribution in [0.3, 0.4) is 0 Å². The number of benzene rings is 2. The summed E-state index contributed by atoms with van der Waals surface area (Å²) in [6.45, 7) is 3.43. The molecule has 0 amide bonds.